The van der Waals surface area contributed by atoms with Gasteiger partial charge in [0.05, 0.1) is 17.9 Å². The molecule has 1 aliphatic heterocycles. The van der Waals surface area contributed by atoms with E-state index in [0.717, 1.165) is 12.8 Å². The quantitative estimate of drug-likeness (QED) is 0.751. The number of aromatic nitrogens is 3. The molecule has 3 N–H and O–H groups in total. The Morgan fingerprint density at radius 1 is 1.25 bits per heavy atom. The molecule has 1 fully saturated rings. The van der Waals surface area contributed by atoms with E-state index in [1.807, 2.05) is 4.57 Å². The van der Waals surface area contributed by atoms with Crippen molar-refractivity contribution >= 4 is 23.3 Å². The molecule has 148 valence electrons. The SMILES string of the molecule is O=C1CCc2cc(F)cc(NC(=O)NCc3nncn3C3CCCCC3)c2N1. The van der Waals surface area contributed by atoms with Crippen LogP contribution in [-0.4, -0.2) is 26.7 Å². The number of hydrogen-bond acceptors (Lipinski definition) is 4. The number of benzene rings is 1. The first-order valence-electron chi connectivity index (χ1n) is 9.65. The lowest BCUT2D eigenvalue weighted by molar-refractivity contribution is -0.116. The van der Waals surface area contributed by atoms with Gasteiger partial charge in [0.15, 0.2) is 5.82 Å². The predicted octanol–water partition coefficient (Wildman–Crippen LogP) is 3.13. The van der Waals surface area contributed by atoms with Gasteiger partial charge in [-0.25, -0.2) is 9.18 Å². The lowest BCUT2D eigenvalue weighted by Gasteiger charge is -2.24. The second-order valence-corrected chi connectivity index (χ2v) is 7.29. The second kappa shape index (κ2) is 7.95. The van der Waals surface area contributed by atoms with Crippen LogP contribution in [0.25, 0.3) is 0 Å². The number of aryl methyl sites for hydroxylation is 1. The minimum atomic E-state index is -0.495. The van der Waals surface area contributed by atoms with Crippen LogP contribution in [0.2, 0.25) is 0 Å². The maximum absolute atomic E-state index is 13.9. The average Bonchev–Trinajstić information content (AvgIpc) is 3.16. The largest absolute Gasteiger partial charge is 0.331 e. The fourth-order valence-electron chi connectivity index (χ4n) is 3.94. The van der Waals surface area contributed by atoms with E-state index in [-0.39, 0.29) is 18.1 Å². The molecule has 28 heavy (non-hydrogen) atoms. The summed E-state index contributed by atoms with van der Waals surface area (Å²) >= 11 is 0. The number of amides is 3. The lowest BCUT2D eigenvalue weighted by atomic mass is 9.95. The zero-order chi connectivity index (χ0) is 19.5. The predicted molar refractivity (Wildman–Crippen MR) is 101 cm³/mol. The second-order valence-electron chi connectivity index (χ2n) is 7.29. The summed E-state index contributed by atoms with van der Waals surface area (Å²) in [6, 6.07) is 2.46. The topological polar surface area (TPSA) is 101 Å². The third-order valence-electron chi connectivity index (χ3n) is 5.34. The number of carbonyl (C=O) groups is 2. The van der Waals surface area contributed by atoms with Gasteiger partial charge in [0.2, 0.25) is 5.91 Å². The number of halogens is 1. The van der Waals surface area contributed by atoms with Gasteiger partial charge in [-0.3, -0.25) is 4.79 Å². The Morgan fingerprint density at radius 2 is 2.07 bits per heavy atom. The van der Waals surface area contributed by atoms with E-state index in [1.54, 1.807) is 6.33 Å². The highest BCUT2D eigenvalue weighted by Crippen LogP contribution is 2.32. The summed E-state index contributed by atoms with van der Waals surface area (Å²) in [7, 11) is 0. The van der Waals surface area contributed by atoms with Crippen LogP contribution in [0.5, 0.6) is 0 Å². The normalized spacial score (nSPS) is 17.0. The molecule has 3 amide bonds. The highest BCUT2D eigenvalue weighted by atomic mass is 19.1. The Bertz CT molecular complexity index is 891. The van der Waals surface area contributed by atoms with E-state index < -0.39 is 11.8 Å². The molecule has 2 aliphatic rings. The van der Waals surface area contributed by atoms with Gasteiger partial charge < -0.3 is 20.5 Å². The maximum Gasteiger partial charge on any atom is 0.319 e. The molecule has 0 saturated heterocycles. The number of urea groups is 1. The molecule has 0 atom stereocenters. The van der Waals surface area contributed by atoms with E-state index in [1.165, 1.54) is 31.4 Å². The number of nitrogens with zero attached hydrogens (tertiary/aromatic N) is 3. The van der Waals surface area contributed by atoms with Crippen molar-refractivity contribution < 1.29 is 14.0 Å². The Balaban J connectivity index is 1.42. The third kappa shape index (κ3) is 3.97. The molecule has 4 rings (SSSR count). The van der Waals surface area contributed by atoms with Crippen LogP contribution in [0.1, 0.15) is 56.0 Å². The maximum atomic E-state index is 13.9. The molecule has 0 radical (unpaired) electrons. The minimum absolute atomic E-state index is 0.150. The molecule has 2 heterocycles. The van der Waals surface area contributed by atoms with Gasteiger partial charge in [-0.15, -0.1) is 10.2 Å². The van der Waals surface area contributed by atoms with Crippen LogP contribution >= 0.6 is 0 Å². The van der Waals surface area contributed by atoms with Crippen molar-refractivity contribution in [3.05, 3.63) is 35.7 Å². The molecular weight excluding hydrogens is 363 g/mol. The van der Waals surface area contributed by atoms with E-state index in [0.29, 0.717) is 36.0 Å². The monoisotopic (exact) mass is 386 g/mol. The molecule has 1 aromatic heterocycles. The Hall–Kier alpha value is -2.97. The van der Waals surface area contributed by atoms with Gasteiger partial charge >= 0.3 is 6.03 Å². The number of nitrogens with one attached hydrogen (secondary N) is 3. The van der Waals surface area contributed by atoms with Crippen molar-refractivity contribution in [1.82, 2.24) is 20.1 Å². The molecule has 0 unspecified atom stereocenters. The van der Waals surface area contributed by atoms with Crippen LogP contribution in [0, 0.1) is 5.82 Å². The summed E-state index contributed by atoms with van der Waals surface area (Å²) in [6.45, 7) is 0.214. The number of hydrogen-bond donors (Lipinski definition) is 3. The van der Waals surface area contributed by atoms with Crippen LogP contribution in [0.15, 0.2) is 18.5 Å². The zero-order valence-electron chi connectivity index (χ0n) is 15.5. The van der Waals surface area contributed by atoms with Gasteiger partial charge in [0, 0.05) is 12.5 Å². The number of carbonyl (C=O) groups excluding carboxylic acids is 2. The highest BCUT2D eigenvalue weighted by molar-refractivity contribution is 6.01. The van der Waals surface area contributed by atoms with Crippen molar-refractivity contribution in [1.29, 1.82) is 0 Å². The first-order valence-corrected chi connectivity index (χ1v) is 9.65. The summed E-state index contributed by atoms with van der Waals surface area (Å²) in [5.74, 6) is 0.0852. The molecule has 0 bridgehead atoms. The molecule has 0 spiro atoms. The average molecular weight is 386 g/mol. The fraction of sp³-hybridized carbons (Fsp3) is 0.474. The Labute approximate surface area is 161 Å². The molecule has 1 aliphatic carbocycles. The van der Waals surface area contributed by atoms with Crippen LogP contribution < -0.4 is 16.0 Å². The van der Waals surface area contributed by atoms with Crippen LogP contribution in [0.3, 0.4) is 0 Å². The molecule has 1 saturated carbocycles. The van der Waals surface area contributed by atoms with E-state index in [9.17, 15) is 14.0 Å². The fourth-order valence-corrected chi connectivity index (χ4v) is 3.94. The molecule has 9 heteroatoms. The lowest BCUT2D eigenvalue weighted by Crippen LogP contribution is -2.31. The van der Waals surface area contributed by atoms with Crippen LogP contribution in [0.4, 0.5) is 20.6 Å². The molecule has 8 nitrogen and oxygen atoms in total. The molecule has 1 aromatic carbocycles. The highest BCUT2D eigenvalue weighted by Gasteiger charge is 2.21. The number of rotatable bonds is 4. The molecule has 2 aromatic rings. The van der Waals surface area contributed by atoms with Crippen molar-refractivity contribution in [3.8, 4) is 0 Å². The Kier molecular flexibility index (Phi) is 5.23. The number of anilines is 2. The van der Waals surface area contributed by atoms with E-state index in [2.05, 4.69) is 26.1 Å². The summed E-state index contributed by atoms with van der Waals surface area (Å²) in [6.07, 6.45) is 8.27. The summed E-state index contributed by atoms with van der Waals surface area (Å²) in [5, 5.41) is 16.2. The van der Waals surface area contributed by atoms with Gasteiger partial charge in [0.25, 0.3) is 0 Å². The standard InChI is InChI=1S/C19H23FN6O2/c20-13-8-12-6-7-17(27)24-18(12)15(9-13)23-19(28)21-10-16-25-22-11-26(16)14-4-2-1-3-5-14/h8-9,11,14H,1-7,10H2,(H,24,27)(H2,21,23,28). The minimum Gasteiger partial charge on any atom is -0.331 e. The van der Waals surface area contributed by atoms with Gasteiger partial charge in [-0.1, -0.05) is 19.3 Å². The summed E-state index contributed by atoms with van der Waals surface area (Å²) in [4.78, 5) is 24.0. The zero-order valence-corrected chi connectivity index (χ0v) is 15.5. The van der Waals surface area contributed by atoms with E-state index in [4.69, 9.17) is 0 Å². The van der Waals surface area contributed by atoms with Crippen molar-refractivity contribution in [2.75, 3.05) is 10.6 Å². The number of fused-ring (bicyclic) bond motifs is 1. The van der Waals surface area contributed by atoms with E-state index >= 15 is 0 Å². The first-order chi connectivity index (χ1) is 13.6. The van der Waals surface area contributed by atoms with Crippen molar-refractivity contribution in [2.45, 2.75) is 57.5 Å². The van der Waals surface area contributed by atoms with Crippen LogP contribution in [-0.2, 0) is 17.8 Å². The third-order valence-corrected chi connectivity index (χ3v) is 5.34. The van der Waals surface area contributed by atoms with Gasteiger partial charge in [0.1, 0.15) is 12.1 Å². The smallest absolute Gasteiger partial charge is 0.319 e. The summed E-state index contributed by atoms with van der Waals surface area (Å²) in [5.41, 5.74) is 1.37. The first kappa shape index (κ1) is 18.4. The Morgan fingerprint density at radius 3 is 2.89 bits per heavy atom. The van der Waals surface area contributed by atoms with Crippen molar-refractivity contribution in [2.24, 2.45) is 0 Å². The summed E-state index contributed by atoms with van der Waals surface area (Å²) < 4.78 is 15.9. The van der Waals surface area contributed by atoms with Gasteiger partial charge in [-0.2, -0.15) is 0 Å². The van der Waals surface area contributed by atoms with Crippen molar-refractivity contribution in [3.63, 3.8) is 0 Å². The molecular formula is C19H23FN6O2. The van der Waals surface area contributed by atoms with Gasteiger partial charge in [-0.05, 0) is 37.0 Å².